The van der Waals surface area contributed by atoms with Crippen LogP contribution >= 0.6 is 0 Å². The Labute approximate surface area is 189 Å². The van der Waals surface area contributed by atoms with Crippen molar-refractivity contribution in [3.63, 3.8) is 0 Å². The van der Waals surface area contributed by atoms with Crippen LogP contribution in [0.4, 0.5) is 11.5 Å². The third-order valence-corrected chi connectivity index (χ3v) is 6.43. The van der Waals surface area contributed by atoms with Gasteiger partial charge < -0.3 is 10.2 Å². The van der Waals surface area contributed by atoms with Crippen molar-refractivity contribution in [2.45, 2.75) is 20.4 Å². The van der Waals surface area contributed by atoms with Crippen LogP contribution in [0.1, 0.15) is 16.7 Å². The lowest BCUT2D eigenvalue weighted by Gasteiger charge is -2.32. The van der Waals surface area contributed by atoms with Gasteiger partial charge in [0.2, 0.25) is 0 Å². The molecule has 0 atom stereocenters. The molecule has 0 amide bonds. The van der Waals surface area contributed by atoms with E-state index in [9.17, 15) is 0 Å². The summed E-state index contributed by atoms with van der Waals surface area (Å²) in [5.41, 5.74) is 7.99. The minimum Gasteiger partial charge on any atom is -0.338 e. The van der Waals surface area contributed by atoms with Crippen LogP contribution in [-0.2, 0) is 6.54 Å². The minimum atomic E-state index is 0.815. The highest BCUT2D eigenvalue weighted by molar-refractivity contribution is 5.78. The summed E-state index contributed by atoms with van der Waals surface area (Å²) in [5, 5.41) is 3.53. The van der Waals surface area contributed by atoms with Gasteiger partial charge in [-0.3, -0.25) is 9.30 Å². The maximum absolute atomic E-state index is 4.77. The molecule has 3 heterocycles. The Kier molecular flexibility index (Phi) is 5.64. The number of nitrogens with zero attached hydrogens (tertiary/aromatic N) is 5. The topological polar surface area (TPSA) is 48.7 Å². The number of rotatable bonds is 5. The number of nitrogens with one attached hydrogen (secondary N) is 1. The van der Waals surface area contributed by atoms with E-state index in [1.54, 1.807) is 0 Å². The highest BCUT2D eigenvalue weighted by atomic mass is 15.2. The molecular formula is C26H30N6. The number of piperazine rings is 1. The van der Waals surface area contributed by atoms with E-state index in [0.717, 1.165) is 61.0 Å². The van der Waals surface area contributed by atoms with Gasteiger partial charge in [0.1, 0.15) is 5.52 Å². The second kappa shape index (κ2) is 8.73. The first-order valence-electron chi connectivity index (χ1n) is 11.2. The molecule has 6 heteroatoms. The molecule has 0 saturated carbocycles. The molecule has 2 aromatic heterocycles. The van der Waals surface area contributed by atoms with Crippen molar-refractivity contribution >= 4 is 17.0 Å². The van der Waals surface area contributed by atoms with Gasteiger partial charge in [-0.2, -0.15) is 0 Å². The van der Waals surface area contributed by atoms with Crippen LogP contribution < -0.4 is 5.32 Å². The summed E-state index contributed by atoms with van der Waals surface area (Å²) in [7, 11) is 2.19. The number of aryl methyl sites for hydroxylation is 2. The van der Waals surface area contributed by atoms with Crippen molar-refractivity contribution < 1.29 is 0 Å². The molecule has 4 aromatic rings. The van der Waals surface area contributed by atoms with E-state index in [-0.39, 0.29) is 0 Å². The van der Waals surface area contributed by atoms with Gasteiger partial charge in [0.15, 0.2) is 5.82 Å². The summed E-state index contributed by atoms with van der Waals surface area (Å²) in [5.74, 6) is 0.815. The van der Waals surface area contributed by atoms with Crippen LogP contribution in [0, 0.1) is 13.8 Å². The summed E-state index contributed by atoms with van der Waals surface area (Å²) in [6, 6.07) is 15.2. The lowest BCUT2D eigenvalue weighted by atomic mass is 10.1. The molecule has 0 aliphatic carbocycles. The lowest BCUT2D eigenvalue weighted by Crippen LogP contribution is -2.43. The predicted octanol–water partition coefficient (Wildman–Crippen LogP) is 4.50. The van der Waals surface area contributed by atoms with Crippen LogP contribution in [0.2, 0.25) is 0 Å². The van der Waals surface area contributed by atoms with Gasteiger partial charge in [-0.25, -0.2) is 9.97 Å². The maximum Gasteiger partial charge on any atom is 0.156 e. The van der Waals surface area contributed by atoms with Crippen molar-refractivity contribution in [2.75, 3.05) is 38.5 Å². The first kappa shape index (κ1) is 20.7. The van der Waals surface area contributed by atoms with E-state index in [0.29, 0.717) is 0 Å². The number of para-hydroxylation sites is 1. The molecule has 1 aliphatic rings. The monoisotopic (exact) mass is 426 g/mol. The van der Waals surface area contributed by atoms with Gasteiger partial charge in [-0.1, -0.05) is 42.5 Å². The Morgan fingerprint density at radius 3 is 2.34 bits per heavy atom. The fourth-order valence-electron chi connectivity index (χ4n) is 4.40. The molecule has 0 bridgehead atoms. The zero-order valence-corrected chi connectivity index (χ0v) is 19.0. The number of imidazole rings is 1. The summed E-state index contributed by atoms with van der Waals surface area (Å²) < 4.78 is 2.11. The van der Waals surface area contributed by atoms with E-state index in [1.807, 2.05) is 18.7 Å². The third kappa shape index (κ3) is 4.11. The molecule has 32 heavy (non-hydrogen) atoms. The summed E-state index contributed by atoms with van der Waals surface area (Å²) in [6.45, 7) is 9.78. The number of fused-ring (bicyclic) bond motifs is 1. The van der Waals surface area contributed by atoms with Gasteiger partial charge in [-0.15, -0.1) is 0 Å². The molecule has 1 saturated heterocycles. The smallest absolute Gasteiger partial charge is 0.156 e. The molecule has 0 spiro atoms. The van der Waals surface area contributed by atoms with Crippen LogP contribution in [0.5, 0.6) is 0 Å². The molecule has 1 N–H and O–H groups in total. The Morgan fingerprint density at radius 2 is 1.62 bits per heavy atom. The number of hydrogen-bond acceptors (Lipinski definition) is 5. The predicted molar refractivity (Wildman–Crippen MR) is 130 cm³/mol. The quantitative estimate of drug-likeness (QED) is 0.509. The van der Waals surface area contributed by atoms with Gasteiger partial charge in [0.25, 0.3) is 0 Å². The first-order valence-corrected chi connectivity index (χ1v) is 11.2. The SMILES string of the molecule is Cc1cccc(C)c1Nc1ncc(-c2ccc(CN3CCN(C)CC3)cc2)n2cncc12. The molecule has 6 nitrogen and oxygen atoms in total. The minimum absolute atomic E-state index is 0.815. The largest absolute Gasteiger partial charge is 0.338 e. The molecular weight excluding hydrogens is 396 g/mol. The number of hydrogen-bond donors (Lipinski definition) is 1. The van der Waals surface area contributed by atoms with Crippen molar-refractivity contribution in [1.29, 1.82) is 0 Å². The van der Waals surface area contributed by atoms with E-state index in [2.05, 4.69) is 87.9 Å². The Balaban J connectivity index is 1.39. The van der Waals surface area contributed by atoms with Crippen molar-refractivity contribution in [1.82, 2.24) is 24.2 Å². The van der Waals surface area contributed by atoms with Gasteiger partial charge in [0, 0.05) is 44.0 Å². The zero-order valence-electron chi connectivity index (χ0n) is 19.0. The maximum atomic E-state index is 4.77. The van der Waals surface area contributed by atoms with E-state index >= 15 is 0 Å². The van der Waals surface area contributed by atoms with Crippen molar-refractivity contribution in [2.24, 2.45) is 0 Å². The molecule has 1 aliphatic heterocycles. The Morgan fingerprint density at radius 1 is 0.906 bits per heavy atom. The van der Waals surface area contributed by atoms with Crippen molar-refractivity contribution in [3.8, 4) is 11.3 Å². The van der Waals surface area contributed by atoms with Crippen LogP contribution in [-0.4, -0.2) is 57.4 Å². The molecule has 2 aromatic carbocycles. The average Bonchev–Trinajstić information content (AvgIpc) is 3.29. The summed E-state index contributed by atoms with van der Waals surface area (Å²) >= 11 is 0. The van der Waals surface area contributed by atoms with E-state index in [1.165, 1.54) is 16.7 Å². The third-order valence-electron chi connectivity index (χ3n) is 6.43. The second-order valence-electron chi connectivity index (χ2n) is 8.81. The standard InChI is InChI=1S/C26H30N6/c1-19-5-4-6-20(2)25(19)29-26-24-15-27-18-32(24)23(16-28-26)22-9-7-21(8-10-22)17-31-13-11-30(3)12-14-31/h4-10,15-16,18H,11-14,17H2,1-3H3,(H,28,29). The Bertz CT molecular complexity index is 1200. The summed E-state index contributed by atoms with van der Waals surface area (Å²) in [6.07, 6.45) is 5.66. The second-order valence-corrected chi connectivity index (χ2v) is 8.81. The molecule has 1 fully saturated rings. The number of benzene rings is 2. The fraction of sp³-hybridized carbons (Fsp3) is 0.308. The van der Waals surface area contributed by atoms with Crippen LogP contribution in [0.3, 0.4) is 0 Å². The molecule has 0 unspecified atom stereocenters. The molecule has 5 rings (SSSR count). The zero-order chi connectivity index (χ0) is 22.1. The average molecular weight is 427 g/mol. The highest BCUT2D eigenvalue weighted by Gasteiger charge is 2.15. The molecule has 164 valence electrons. The number of aromatic nitrogens is 3. The number of likely N-dealkylation sites (N-methyl/N-ethyl adjacent to an activating group) is 1. The van der Waals surface area contributed by atoms with E-state index in [4.69, 9.17) is 4.98 Å². The molecule has 0 radical (unpaired) electrons. The van der Waals surface area contributed by atoms with Crippen LogP contribution in [0.25, 0.3) is 16.8 Å². The van der Waals surface area contributed by atoms with Gasteiger partial charge in [-0.05, 0) is 37.6 Å². The van der Waals surface area contributed by atoms with E-state index < -0.39 is 0 Å². The first-order chi connectivity index (χ1) is 15.6. The number of anilines is 2. The fourth-order valence-corrected chi connectivity index (χ4v) is 4.40. The normalized spacial score (nSPS) is 15.3. The Hall–Kier alpha value is -3.22. The van der Waals surface area contributed by atoms with Crippen molar-refractivity contribution in [3.05, 3.63) is 77.9 Å². The van der Waals surface area contributed by atoms with Gasteiger partial charge >= 0.3 is 0 Å². The van der Waals surface area contributed by atoms with Gasteiger partial charge in [0.05, 0.1) is 24.4 Å². The lowest BCUT2D eigenvalue weighted by molar-refractivity contribution is 0.148. The highest BCUT2D eigenvalue weighted by Crippen LogP contribution is 2.29. The summed E-state index contributed by atoms with van der Waals surface area (Å²) in [4.78, 5) is 14.1. The van der Waals surface area contributed by atoms with Crippen LogP contribution in [0.15, 0.2) is 61.2 Å².